The highest BCUT2D eigenvalue weighted by Crippen LogP contribution is 2.31. The third kappa shape index (κ3) is 6.35. The van der Waals surface area contributed by atoms with Crippen molar-refractivity contribution in [3.8, 4) is 0 Å². The number of pyridine rings is 1. The van der Waals surface area contributed by atoms with Gasteiger partial charge in [0.2, 0.25) is 5.91 Å². The second-order valence-electron chi connectivity index (χ2n) is 10.1. The van der Waals surface area contributed by atoms with Crippen LogP contribution in [0.4, 0.5) is 11.4 Å². The van der Waals surface area contributed by atoms with Gasteiger partial charge in [0, 0.05) is 49.7 Å². The maximum absolute atomic E-state index is 12.9. The Morgan fingerprint density at radius 1 is 1.08 bits per heavy atom. The maximum atomic E-state index is 12.9. The first-order valence-corrected chi connectivity index (χ1v) is 14.3. The van der Waals surface area contributed by atoms with Crippen LogP contribution in [0.15, 0.2) is 41.6 Å². The van der Waals surface area contributed by atoms with Crippen molar-refractivity contribution in [2.24, 2.45) is 11.8 Å². The molecule has 38 heavy (non-hydrogen) atoms. The van der Waals surface area contributed by atoms with Crippen LogP contribution >= 0.6 is 11.8 Å². The summed E-state index contributed by atoms with van der Waals surface area (Å²) in [6.45, 7) is 5.95. The first-order chi connectivity index (χ1) is 18.3. The van der Waals surface area contributed by atoms with E-state index in [1.165, 1.54) is 11.8 Å². The molecule has 9 nitrogen and oxygen atoms in total. The van der Waals surface area contributed by atoms with E-state index in [1.807, 2.05) is 31.1 Å². The van der Waals surface area contributed by atoms with E-state index in [2.05, 4.69) is 15.6 Å². The summed E-state index contributed by atoms with van der Waals surface area (Å²) in [5.41, 5.74) is 2.96. The molecule has 1 aromatic carbocycles. The molecule has 0 bridgehead atoms. The van der Waals surface area contributed by atoms with Crippen molar-refractivity contribution in [2.45, 2.75) is 44.6 Å². The second-order valence-corrected chi connectivity index (χ2v) is 10.8. The molecule has 2 aromatic rings. The topological polar surface area (TPSA) is 112 Å². The lowest BCUT2D eigenvalue weighted by atomic mass is 9.96. The number of likely N-dealkylation sites (tertiary alicyclic amines) is 1. The number of hydrogen-bond donors (Lipinski definition) is 2. The van der Waals surface area contributed by atoms with E-state index in [-0.39, 0.29) is 23.7 Å². The van der Waals surface area contributed by atoms with Gasteiger partial charge in [0.15, 0.2) is 0 Å². The summed E-state index contributed by atoms with van der Waals surface area (Å²) in [5, 5.41) is 6.13. The standard InChI is InChI=1S/C28H35N5O4S/c1-18(2)27(36)33-13-5-6-20-8-9-21(16-23(20)33)31-25(35)24(34)30-17-19-10-14-32(15-11-19)28(37)22-7-4-12-29-26(22)38-3/h4,7-9,12,16,18-19H,5-6,10-11,13-15,17H2,1-3H3,(H,30,34)(H,31,35). The average molecular weight is 538 g/mol. The smallest absolute Gasteiger partial charge is 0.313 e. The number of carbonyl (C=O) groups is 4. The number of hydrogen-bond acceptors (Lipinski definition) is 6. The van der Waals surface area contributed by atoms with E-state index >= 15 is 0 Å². The average Bonchev–Trinajstić information content (AvgIpc) is 2.94. The first-order valence-electron chi connectivity index (χ1n) is 13.1. The highest BCUT2D eigenvalue weighted by molar-refractivity contribution is 7.98. The van der Waals surface area contributed by atoms with Crippen molar-refractivity contribution < 1.29 is 19.2 Å². The fourth-order valence-corrected chi connectivity index (χ4v) is 5.47. The van der Waals surface area contributed by atoms with Crippen LogP contribution < -0.4 is 15.5 Å². The van der Waals surface area contributed by atoms with E-state index in [0.29, 0.717) is 37.4 Å². The number of nitrogens with zero attached hydrogens (tertiary/aromatic N) is 3. The number of fused-ring (bicyclic) bond motifs is 1. The third-order valence-electron chi connectivity index (χ3n) is 7.08. The summed E-state index contributed by atoms with van der Waals surface area (Å²) < 4.78 is 0. The number of aromatic nitrogens is 1. The van der Waals surface area contributed by atoms with Crippen LogP contribution in [0, 0.1) is 11.8 Å². The highest BCUT2D eigenvalue weighted by Gasteiger charge is 2.27. The lowest BCUT2D eigenvalue weighted by Gasteiger charge is -2.32. The van der Waals surface area contributed by atoms with Gasteiger partial charge in [-0.25, -0.2) is 4.98 Å². The molecule has 2 aliphatic heterocycles. The van der Waals surface area contributed by atoms with Crippen molar-refractivity contribution >= 4 is 46.8 Å². The molecule has 1 fully saturated rings. The molecular formula is C28H35N5O4S. The maximum Gasteiger partial charge on any atom is 0.313 e. The second kappa shape index (κ2) is 12.4. The molecule has 10 heteroatoms. The number of thioether (sulfide) groups is 1. The SMILES string of the molecule is CSc1ncccc1C(=O)N1CCC(CNC(=O)C(=O)Nc2ccc3c(c2)N(C(=O)C(C)C)CCC3)CC1. The Morgan fingerprint density at radius 3 is 2.55 bits per heavy atom. The van der Waals surface area contributed by atoms with Gasteiger partial charge in [-0.2, -0.15) is 0 Å². The summed E-state index contributed by atoms with van der Waals surface area (Å²) in [7, 11) is 0. The van der Waals surface area contributed by atoms with Gasteiger partial charge in [-0.3, -0.25) is 19.2 Å². The van der Waals surface area contributed by atoms with Crippen LogP contribution in [0.2, 0.25) is 0 Å². The Morgan fingerprint density at radius 2 is 1.84 bits per heavy atom. The zero-order valence-electron chi connectivity index (χ0n) is 22.2. The number of carbonyl (C=O) groups excluding carboxylic acids is 4. The third-order valence-corrected chi connectivity index (χ3v) is 7.79. The molecule has 202 valence electrons. The predicted molar refractivity (Wildman–Crippen MR) is 148 cm³/mol. The minimum Gasteiger partial charge on any atom is -0.348 e. The minimum atomic E-state index is -0.740. The molecule has 0 spiro atoms. The van der Waals surface area contributed by atoms with Gasteiger partial charge in [0.05, 0.1) is 5.56 Å². The number of anilines is 2. The number of amides is 4. The van der Waals surface area contributed by atoms with Crippen molar-refractivity contribution in [1.82, 2.24) is 15.2 Å². The molecule has 1 saturated heterocycles. The largest absolute Gasteiger partial charge is 0.348 e. The van der Waals surface area contributed by atoms with Gasteiger partial charge in [0.1, 0.15) is 5.03 Å². The van der Waals surface area contributed by atoms with Gasteiger partial charge >= 0.3 is 11.8 Å². The molecule has 2 N–H and O–H groups in total. The molecule has 0 aliphatic carbocycles. The Bertz CT molecular complexity index is 1210. The molecule has 3 heterocycles. The Hall–Kier alpha value is -3.40. The summed E-state index contributed by atoms with van der Waals surface area (Å²) in [6.07, 6.45) is 6.84. The van der Waals surface area contributed by atoms with Crippen LogP contribution in [-0.2, 0) is 20.8 Å². The Balaban J connectivity index is 1.27. The zero-order chi connectivity index (χ0) is 27.2. The van der Waals surface area contributed by atoms with E-state index in [1.54, 1.807) is 35.4 Å². The highest BCUT2D eigenvalue weighted by atomic mass is 32.2. The van der Waals surface area contributed by atoms with Gasteiger partial charge in [0.25, 0.3) is 5.91 Å². The summed E-state index contributed by atoms with van der Waals surface area (Å²) in [6, 6.07) is 9.02. The predicted octanol–water partition coefficient (Wildman–Crippen LogP) is 3.35. The fraction of sp³-hybridized carbons (Fsp3) is 0.464. The van der Waals surface area contributed by atoms with Crippen molar-refractivity contribution in [1.29, 1.82) is 0 Å². The van der Waals surface area contributed by atoms with Crippen molar-refractivity contribution in [2.75, 3.05) is 42.7 Å². The van der Waals surface area contributed by atoms with Crippen LogP contribution in [0.25, 0.3) is 0 Å². The van der Waals surface area contributed by atoms with Crippen LogP contribution in [-0.4, -0.2) is 65.9 Å². The molecule has 0 saturated carbocycles. The van der Waals surface area contributed by atoms with E-state index < -0.39 is 11.8 Å². The lowest BCUT2D eigenvalue weighted by Crippen LogP contribution is -2.43. The molecule has 1 aromatic heterocycles. The van der Waals surface area contributed by atoms with E-state index in [4.69, 9.17) is 0 Å². The summed E-state index contributed by atoms with van der Waals surface area (Å²) in [5.74, 6) is -1.36. The monoisotopic (exact) mass is 537 g/mol. The number of piperidine rings is 1. The Kier molecular flexibility index (Phi) is 9.04. The van der Waals surface area contributed by atoms with Crippen LogP contribution in [0.3, 0.4) is 0 Å². The van der Waals surface area contributed by atoms with E-state index in [9.17, 15) is 19.2 Å². The molecule has 2 aliphatic rings. The molecule has 0 atom stereocenters. The van der Waals surface area contributed by atoms with E-state index in [0.717, 1.165) is 42.0 Å². The van der Waals surface area contributed by atoms with Crippen molar-refractivity contribution in [3.05, 3.63) is 47.7 Å². The number of nitrogens with one attached hydrogen (secondary N) is 2. The molecular weight excluding hydrogens is 502 g/mol. The molecule has 0 unspecified atom stereocenters. The minimum absolute atomic E-state index is 0.0250. The quantitative estimate of drug-likeness (QED) is 0.432. The Labute approximate surface area is 227 Å². The van der Waals surface area contributed by atoms with Gasteiger partial charge < -0.3 is 20.4 Å². The van der Waals surface area contributed by atoms with Gasteiger partial charge in [-0.15, -0.1) is 11.8 Å². The molecule has 0 radical (unpaired) electrons. The van der Waals surface area contributed by atoms with Gasteiger partial charge in [-0.1, -0.05) is 19.9 Å². The zero-order valence-corrected chi connectivity index (χ0v) is 23.0. The van der Waals surface area contributed by atoms with Crippen LogP contribution in [0.5, 0.6) is 0 Å². The molecule has 4 rings (SSSR count). The number of benzene rings is 1. The van der Waals surface area contributed by atoms with Crippen LogP contribution in [0.1, 0.15) is 49.0 Å². The lowest BCUT2D eigenvalue weighted by molar-refractivity contribution is -0.136. The van der Waals surface area contributed by atoms with Gasteiger partial charge in [-0.05, 0) is 67.7 Å². The number of rotatable bonds is 6. The summed E-state index contributed by atoms with van der Waals surface area (Å²) >= 11 is 1.45. The first kappa shape index (κ1) is 27.6. The molecule has 4 amide bonds. The number of aryl methyl sites for hydroxylation is 1. The fourth-order valence-electron chi connectivity index (χ4n) is 4.92. The normalized spacial score (nSPS) is 15.7. The van der Waals surface area contributed by atoms with Crippen molar-refractivity contribution in [3.63, 3.8) is 0 Å². The summed E-state index contributed by atoms with van der Waals surface area (Å²) in [4.78, 5) is 58.5.